The molecular weight excluding hydrogens is 422 g/mol. The highest BCUT2D eigenvalue weighted by Crippen LogP contribution is 2.30. The van der Waals surface area contributed by atoms with Gasteiger partial charge in [-0.15, -0.1) is 10.2 Å². The molecule has 0 amide bonds. The maximum Gasteiger partial charge on any atom is 0.277 e. The summed E-state index contributed by atoms with van der Waals surface area (Å²) in [5.41, 5.74) is 1.61. The van der Waals surface area contributed by atoms with Gasteiger partial charge in [-0.1, -0.05) is 49.9 Å². The van der Waals surface area contributed by atoms with Crippen molar-refractivity contribution in [1.29, 1.82) is 0 Å². The molecule has 0 spiro atoms. The fourth-order valence-corrected chi connectivity index (χ4v) is 5.20. The van der Waals surface area contributed by atoms with Gasteiger partial charge in [-0.3, -0.25) is 0 Å². The molecule has 0 aliphatic carbocycles. The summed E-state index contributed by atoms with van der Waals surface area (Å²) < 4.78 is 38.4. The Hall–Kier alpha value is -2.36. The number of rotatable bonds is 10. The van der Waals surface area contributed by atoms with Gasteiger partial charge in [0.1, 0.15) is 5.75 Å². The van der Waals surface area contributed by atoms with Gasteiger partial charge in [0.05, 0.1) is 11.5 Å². The van der Waals surface area contributed by atoms with E-state index in [2.05, 4.69) is 10.2 Å². The van der Waals surface area contributed by atoms with Crippen LogP contribution in [0.5, 0.6) is 5.75 Å². The zero-order chi connectivity index (χ0) is 21.6. The second kappa shape index (κ2) is 10.1. The van der Waals surface area contributed by atoms with Crippen molar-refractivity contribution in [2.75, 3.05) is 19.7 Å². The van der Waals surface area contributed by atoms with E-state index in [1.807, 2.05) is 45.0 Å². The molecule has 0 atom stereocenters. The molecule has 0 saturated carbocycles. The highest BCUT2D eigenvalue weighted by Gasteiger charge is 2.22. The van der Waals surface area contributed by atoms with Gasteiger partial charge in [0, 0.05) is 30.0 Å². The Kier molecular flexibility index (Phi) is 7.52. The number of ether oxygens (including phenoxy) is 1. The van der Waals surface area contributed by atoms with E-state index in [1.165, 1.54) is 16.1 Å². The van der Waals surface area contributed by atoms with Gasteiger partial charge in [0.2, 0.25) is 15.9 Å². The standard InChI is InChI=1S/C21H25N3O4S2/c1-4-24(5-2)30(25,26)18-12-9-11-16(14-18)20-22-23-21(28-20)29-15-17-10-7-8-13-19(17)27-6-3/h7-14H,4-6,15H2,1-3H3. The normalized spacial score (nSPS) is 11.7. The van der Waals surface area contributed by atoms with Crippen molar-refractivity contribution in [3.8, 4) is 17.2 Å². The molecule has 0 saturated heterocycles. The average molecular weight is 448 g/mol. The summed E-state index contributed by atoms with van der Waals surface area (Å²) >= 11 is 1.40. The van der Waals surface area contributed by atoms with Crippen LogP contribution < -0.4 is 4.74 Å². The van der Waals surface area contributed by atoms with E-state index in [0.717, 1.165) is 11.3 Å². The van der Waals surface area contributed by atoms with Gasteiger partial charge in [0.15, 0.2) is 0 Å². The second-order valence-corrected chi connectivity index (χ2v) is 9.18. The van der Waals surface area contributed by atoms with Crippen molar-refractivity contribution in [3.05, 3.63) is 54.1 Å². The third-order valence-corrected chi connectivity index (χ3v) is 7.37. The minimum Gasteiger partial charge on any atom is -0.494 e. The molecule has 0 bridgehead atoms. The molecule has 160 valence electrons. The fourth-order valence-electron chi connectivity index (χ4n) is 2.95. The van der Waals surface area contributed by atoms with E-state index in [9.17, 15) is 8.42 Å². The Morgan fingerprint density at radius 1 is 1.03 bits per heavy atom. The summed E-state index contributed by atoms with van der Waals surface area (Å²) in [6.45, 7) is 7.00. The first-order valence-electron chi connectivity index (χ1n) is 9.77. The number of hydrogen-bond donors (Lipinski definition) is 0. The number of benzene rings is 2. The van der Waals surface area contributed by atoms with Gasteiger partial charge in [-0.25, -0.2) is 8.42 Å². The predicted octanol–water partition coefficient (Wildman–Crippen LogP) is 4.46. The topological polar surface area (TPSA) is 85.5 Å². The van der Waals surface area contributed by atoms with E-state index >= 15 is 0 Å². The molecule has 0 unspecified atom stereocenters. The maximum atomic E-state index is 12.8. The van der Waals surface area contributed by atoms with Gasteiger partial charge in [-0.2, -0.15) is 4.31 Å². The van der Waals surface area contributed by atoms with E-state index in [0.29, 0.717) is 36.2 Å². The van der Waals surface area contributed by atoms with Crippen LogP contribution in [0.25, 0.3) is 11.5 Å². The van der Waals surface area contributed by atoms with Gasteiger partial charge >= 0.3 is 0 Å². The van der Waals surface area contributed by atoms with Gasteiger partial charge < -0.3 is 9.15 Å². The van der Waals surface area contributed by atoms with Crippen molar-refractivity contribution in [3.63, 3.8) is 0 Å². The largest absolute Gasteiger partial charge is 0.494 e. The lowest BCUT2D eigenvalue weighted by Gasteiger charge is -2.18. The van der Waals surface area contributed by atoms with Crippen molar-refractivity contribution in [1.82, 2.24) is 14.5 Å². The SMILES string of the molecule is CCOc1ccccc1CSc1nnc(-c2cccc(S(=O)(=O)N(CC)CC)c2)o1. The van der Waals surface area contributed by atoms with E-state index in [4.69, 9.17) is 9.15 Å². The molecule has 1 aromatic heterocycles. The molecule has 3 aromatic rings. The lowest BCUT2D eigenvalue weighted by molar-refractivity contribution is 0.337. The van der Waals surface area contributed by atoms with Crippen LogP contribution in [0.2, 0.25) is 0 Å². The molecule has 30 heavy (non-hydrogen) atoms. The number of nitrogens with zero attached hydrogens (tertiary/aromatic N) is 3. The Morgan fingerprint density at radius 3 is 2.53 bits per heavy atom. The zero-order valence-corrected chi connectivity index (χ0v) is 18.9. The first kappa shape index (κ1) is 22.3. The van der Waals surface area contributed by atoms with Crippen LogP contribution in [0, 0.1) is 0 Å². The lowest BCUT2D eigenvalue weighted by atomic mass is 10.2. The molecule has 7 nitrogen and oxygen atoms in total. The summed E-state index contributed by atoms with van der Waals surface area (Å²) in [4.78, 5) is 0.210. The monoisotopic (exact) mass is 447 g/mol. The highest BCUT2D eigenvalue weighted by molar-refractivity contribution is 7.98. The van der Waals surface area contributed by atoms with E-state index < -0.39 is 10.0 Å². The van der Waals surface area contributed by atoms with Crippen molar-refractivity contribution in [2.45, 2.75) is 36.6 Å². The Labute approximate surface area is 181 Å². The summed E-state index contributed by atoms with van der Waals surface area (Å²) in [5.74, 6) is 1.74. The first-order valence-corrected chi connectivity index (χ1v) is 12.2. The quantitative estimate of drug-likeness (QED) is 0.424. The van der Waals surface area contributed by atoms with Crippen LogP contribution in [-0.2, 0) is 15.8 Å². The summed E-state index contributed by atoms with van der Waals surface area (Å²) in [6, 6.07) is 14.4. The summed E-state index contributed by atoms with van der Waals surface area (Å²) in [7, 11) is -3.56. The third kappa shape index (κ3) is 5.03. The highest BCUT2D eigenvalue weighted by atomic mass is 32.2. The Morgan fingerprint density at radius 2 is 1.80 bits per heavy atom. The van der Waals surface area contributed by atoms with E-state index in [-0.39, 0.29) is 10.8 Å². The molecule has 0 N–H and O–H groups in total. The third-order valence-electron chi connectivity index (χ3n) is 4.45. The summed E-state index contributed by atoms with van der Waals surface area (Å²) in [5, 5.41) is 8.59. The van der Waals surface area contributed by atoms with Crippen molar-refractivity contribution in [2.24, 2.45) is 0 Å². The van der Waals surface area contributed by atoms with Crippen molar-refractivity contribution < 1.29 is 17.6 Å². The number of thioether (sulfide) groups is 1. The van der Waals surface area contributed by atoms with Gasteiger partial charge in [-0.05, 0) is 31.2 Å². The molecule has 0 aliphatic rings. The molecule has 3 rings (SSSR count). The van der Waals surface area contributed by atoms with Crippen LogP contribution in [-0.4, -0.2) is 42.6 Å². The Balaban J connectivity index is 1.77. The predicted molar refractivity (Wildman–Crippen MR) is 117 cm³/mol. The average Bonchev–Trinajstić information content (AvgIpc) is 3.23. The fraction of sp³-hybridized carbons (Fsp3) is 0.333. The molecule has 9 heteroatoms. The minimum absolute atomic E-state index is 0.210. The number of para-hydroxylation sites is 1. The van der Waals surface area contributed by atoms with Crippen LogP contribution in [0.1, 0.15) is 26.3 Å². The Bertz CT molecular complexity index is 1080. The van der Waals surface area contributed by atoms with Crippen LogP contribution in [0.15, 0.2) is 63.1 Å². The lowest BCUT2D eigenvalue weighted by Crippen LogP contribution is -2.30. The zero-order valence-electron chi connectivity index (χ0n) is 17.2. The van der Waals surface area contributed by atoms with Crippen LogP contribution in [0.4, 0.5) is 0 Å². The second-order valence-electron chi connectivity index (χ2n) is 6.32. The number of hydrogen-bond acceptors (Lipinski definition) is 7. The molecular formula is C21H25N3O4S2. The van der Waals surface area contributed by atoms with Crippen molar-refractivity contribution >= 4 is 21.8 Å². The molecule has 1 heterocycles. The number of sulfonamides is 1. The van der Waals surface area contributed by atoms with Crippen LogP contribution in [0.3, 0.4) is 0 Å². The molecule has 0 aliphatic heterocycles. The smallest absolute Gasteiger partial charge is 0.277 e. The first-order chi connectivity index (χ1) is 14.5. The minimum atomic E-state index is -3.56. The number of aromatic nitrogens is 2. The molecule has 0 fully saturated rings. The maximum absolute atomic E-state index is 12.8. The van der Waals surface area contributed by atoms with E-state index in [1.54, 1.807) is 24.3 Å². The summed E-state index contributed by atoms with van der Waals surface area (Å²) in [6.07, 6.45) is 0. The van der Waals surface area contributed by atoms with Gasteiger partial charge in [0.25, 0.3) is 5.22 Å². The van der Waals surface area contributed by atoms with Crippen LogP contribution >= 0.6 is 11.8 Å². The molecule has 2 aromatic carbocycles. The molecule has 0 radical (unpaired) electrons.